The molecule has 1 saturated heterocycles. The second kappa shape index (κ2) is 7.24. The minimum Gasteiger partial charge on any atom is -0.310 e. The lowest BCUT2D eigenvalue weighted by Gasteiger charge is -2.37. The summed E-state index contributed by atoms with van der Waals surface area (Å²) in [5, 5.41) is 3.54. The van der Waals surface area contributed by atoms with Gasteiger partial charge in [0, 0.05) is 25.2 Å². The van der Waals surface area contributed by atoms with Crippen LogP contribution in [0.3, 0.4) is 0 Å². The SMILES string of the molecule is CC1CCN(Cc2ccccc2CNC(C)C)C(C)C1. The molecule has 0 radical (unpaired) electrons. The van der Waals surface area contributed by atoms with E-state index < -0.39 is 0 Å². The summed E-state index contributed by atoms with van der Waals surface area (Å²) in [6, 6.07) is 10.1. The van der Waals surface area contributed by atoms with Crippen molar-refractivity contribution >= 4 is 0 Å². The second-order valence-corrected chi connectivity index (χ2v) is 6.75. The molecule has 0 bridgehead atoms. The van der Waals surface area contributed by atoms with Gasteiger partial charge in [-0.25, -0.2) is 0 Å². The third-order valence-corrected chi connectivity index (χ3v) is 4.47. The summed E-state index contributed by atoms with van der Waals surface area (Å²) in [5.74, 6) is 0.888. The molecule has 1 aromatic rings. The summed E-state index contributed by atoms with van der Waals surface area (Å²) in [6.07, 6.45) is 2.68. The van der Waals surface area contributed by atoms with Crippen LogP contribution in [-0.2, 0) is 13.1 Å². The van der Waals surface area contributed by atoms with Crippen LogP contribution in [0.25, 0.3) is 0 Å². The van der Waals surface area contributed by atoms with Crippen LogP contribution in [0.15, 0.2) is 24.3 Å². The lowest BCUT2D eigenvalue weighted by Crippen LogP contribution is -2.39. The van der Waals surface area contributed by atoms with E-state index in [0.29, 0.717) is 12.1 Å². The maximum absolute atomic E-state index is 3.54. The Kier molecular flexibility index (Phi) is 5.62. The molecular weight excluding hydrogens is 244 g/mol. The van der Waals surface area contributed by atoms with E-state index in [1.165, 1.54) is 30.5 Å². The molecule has 0 spiro atoms. The van der Waals surface area contributed by atoms with Crippen molar-refractivity contribution in [1.29, 1.82) is 0 Å². The summed E-state index contributed by atoms with van der Waals surface area (Å²) in [4.78, 5) is 2.65. The zero-order valence-corrected chi connectivity index (χ0v) is 13.5. The predicted octanol–water partition coefficient (Wildman–Crippen LogP) is 3.81. The molecule has 0 aromatic heterocycles. The van der Waals surface area contributed by atoms with E-state index in [2.05, 4.69) is 62.2 Å². The topological polar surface area (TPSA) is 15.3 Å². The smallest absolute Gasteiger partial charge is 0.0239 e. The molecule has 0 saturated carbocycles. The Bertz CT molecular complexity index is 414. The Morgan fingerprint density at radius 2 is 1.90 bits per heavy atom. The summed E-state index contributed by atoms with van der Waals surface area (Å²) < 4.78 is 0. The highest BCUT2D eigenvalue weighted by Gasteiger charge is 2.23. The average molecular weight is 274 g/mol. The molecule has 1 N–H and O–H groups in total. The molecule has 2 heteroatoms. The van der Waals surface area contributed by atoms with Crippen LogP contribution in [0.1, 0.15) is 51.7 Å². The minimum atomic E-state index is 0.540. The van der Waals surface area contributed by atoms with Crippen molar-refractivity contribution in [2.45, 2.75) is 65.7 Å². The van der Waals surface area contributed by atoms with Gasteiger partial charge in [-0.3, -0.25) is 4.90 Å². The molecule has 2 rings (SSSR count). The van der Waals surface area contributed by atoms with Crippen molar-refractivity contribution in [3.8, 4) is 0 Å². The number of rotatable bonds is 5. The van der Waals surface area contributed by atoms with Crippen LogP contribution < -0.4 is 5.32 Å². The predicted molar refractivity (Wildman–Crippen MR) is 86.7 cm³/mol. The van der Waals surface area contributed by atoms with Gasteiger partial charge in [0.25, 0.3) is 0 Å². The normalized spacial score (nSPS) is 24.2. The van der Waals surface area contributed by atoms with Crippen LogP contribution in [0.4, 0.5) is 0 Å². The molecule has 1 heterocycles. The van der Waals surface area contributed by atoms with Gasteiger partial charge in [-0.05, 0) is 43.4 Å². The third-order valence-electron chi connectivity index (χ3n) is 4.47. The fraction of sp³-hybridized carbons (Fsp3) is 0.667. The van der Waals surface area contributed by atoms with E-state index in [0.717, 1.165) is 19.0 Å². The standard InChI is InChI=1S/C18H30N2/c1-14(2)19-12-17-7-5-6-8-18(17)13-20-10-9-15(3)11-16(20)4/h5-8,14-16,19H,9-13H2,1-4H3. The Labute approximate surface area is 124 Å². The zero-order chi connectivity index (χ0) is 14.5. The van der Waals surface area contributed by atoms with Crippen molar-refractivity contribution in [3.63, 3.8) is 0 Å². The molecule has 1 aromatic carbocycles. The molecule has 2 atom stereocenters. The number of likely N-dealkylation sites (tertiary alicyclic amines) is 1. The first-order valence-electron chi connectivity index (χ1n) is 8.10. The number of nitrogens with one attached hydrogen (secondary N) is 1. The van der Waals surface area contributed by atoms with E-state index in [9.17, 15) is 0 Å². The molecule has 2 nitrogen and oxygen atoms in total. The first-order chi connectivity index (χ1) is 9.56. The third kappa shape index (κ3) is 4.32. The molecule has 1 fully saturated rings. The van der Waals surface area contributed by atoms with Gasteiger partial charge in [-0.1, -0.05) is 45.0 Å². The van der Waals surface area contributed by atoms with E-state index in [4.69, 9.17) is 0 Å². The largest absolute Gasteiger partial charge is 0.310 e. The van der Waals surface area contributed by atoms with Gasteiger partial charge in [-0.2, -0.15) is 0 Å². The fourth-order valence-corrected chi connectivity index (χ4v) is 3.11. The maximum Gasteiger partial charge on any atom is 0.0239 e. The van der Waals surface area contributed by atoms with Crippen molar-refractivity contribution in [3.05, 3.63) is 35.4 Å². The molecule has 1 aliphatic rings. The summed E-state index contributed by atoms with van der Waals surface area (Å²) in [5.41, 5.74) is 2.94. The number of hydrogen-bond acceptors (Lipinski definition) is 2. The first-order valence-corrected chi connectivity index (χ1v) is 8.10. The Morgan fingerprint density at radius 3 is 2.55 bits per heavy atom. The Hall–Kier alpha value is -0.860. The molecular formula is C18H30N2. The van der Waals surface area contributed by atoms with E-state index in [1.807, 2.05) is 0 Å². The highest BCUT2D eigenvalue weighted by Crippen LogP contribution is 2.24. The highest BCUT2D eigenvalue weighted by molar-refractivity contribution is 5.27. The maximum atomic E-state index is 3.54. The van der Waals surface area contributed by atoms with Crippen LogP contribution >= 0.6 is 0 Å². The number of piperidine rings is 1. The quantitative estimate of drug-likeness (QED) is 0.878. The number of hydrogen-bond donors (Lipinski definition) is 1. The van der Waals surface area contributed by atoms with Gasteiger partial charge in [0.05, 0.1) is 0 Å². The van der Waals surface area contributed by atoms with Gasteiger partial charge in [0.2, 0.25) is 0 Å². The minimum absolute atomic E-state index is 0.540. The summed E-state index contributed by atoms with van der Waals surface area (Å²) in [6.45, 7) is 12.5. The van der Waals surface area contributed by atoms with E-state index >= 15 is 0 Å². The monoisotopic (exact) mass is 274 g/mol. The van der Waals surface area contributed by atoms with Gasteiger partial charge < -0.3 is 5.32 Å². The van der Waals surface area contributed by atoms with Crippen molar-refractivity contribution in [2.75, 3.05) is 6.54 Å². The molecule has 0 aliphatic carbocycles. The highest BCUT2D eigenvalue weighted by atomic mass is 15.2. The van der Waals surface area contributed by atoms with Crippen molar-refractivity contribution in [1.82, 2.24) is 10.2 Å². The first kappa shape index (κ1) is 15.5. The zero-order valence-electron chi connectivity index (χ0n) is 13.5. The average Bonchev–Trinajstić information content (AvgIpc) is 2.41. The summed E-state index contributed by atoms with van der Waals surface area (Å²) >= 11 is 0. The molecule has 1 aliphatic heterocycles. The number of benzene rings is 1. The van der Waals surface area contributed by atoms with Gasteiger partial charge in [0.15, 0.2) is 0 Å². The number of nitrogens with zero attached hydrogens (tertiary/aromatic N) is 1. The van der Waals surface area contributed by atoms with Crippen LogP contribution in [0, 0.1) is 5.92 Å². The van der Waals surface area contributed by atoms with Gasteiger partial charge in [-0.15, -0.1) is 0 Å². The second-order valence-electron chi connectivity index (χ2n) is 6.75. The van der Waals surface area contributed by atoms with Crippen molar-refractivity contribution < 1.29 is 0 Å². The molecule has 112 valence electrons. The summed E-state index contributed by atoms with van der Waals surface area (Å²) in [7, 11) is 0. The lowest BCUT2D eigenvalue weighted by atomic mass is 9.92. The molecule has 2 unspecified atom stereocenters. The van der Waals surface area contributed by atoms with E-state index in [1.54, 1.807) is 0 Å². The van der Waals surface area contributed by atoms with Crippen LogP contribution in [-0.4, -0.2) is 23.5 Å². The fourth-order valence-electron chi connectivity index (χ4n) is 3.11. The Morgan fingerprint density at radius 1 is 1.20 bits per heavy atom. The van der Waals surface area contributed by atoms with Crippen LogP contribution in [0.5, 0.6) is 0 Å². The molecule has 20 heavy (non-hydrogen) atoms. The van der Waals surface area contributed by atoms with Gasteiger partial charge >= 0.3 is 0 Å². The van der Waals surface area contributed by atoms with Gasteiger partial charge in [0.1, 0.15) is 0 Å². The van der Waals surface area contributed by atoms with E-state index in [-0.39, 0.29) is 0 Å². The Balaban J connectivity index is 2.01. The van der Waals surface area contributed by atoms with Crippen molar-refractivity contribution in [2.24, 2.45) is 5.92 Å². The van der Waals surface area contributed by atoms with Crippen LogP contribution in [0.2, 0.25) is 0 Å². The lowest BCUT2D eigenvalue weighted by molar-refractivity contribution is 0.122. The molecule has 0 amide bonds.